The van der Waals surface area contributed by atoms with Gasteiger partial charge < -0.3 is 14.6 Å². The smallest absolute Gasteiger partial charge is 0.287 e. The van der Waals surface area contributed by atoms with Crippen molar-refractivity contribution < 1.29 is 14.5 Å². The lowest BCUT2D eigenvalue weighted by Gasteiger charge is -2.43. The van der Waals surface area contributed by atoms with Crippen LogP contribution < -0.4 is 10.1 Å². The number of ether oxygens (including phenoxy) is 1. The Bertz CT molecular complexity index is 1700. The zero-order chi connectivity index (χ0) is 26.5. The maximum Gasteiger partial charge on any atom is 0.287 e. The fourth-order valence-electron chi connectivity index (χ4n) is 8.43. The van der Waals surface area contributed by atoms with Gasteiger partial charge in [-0.1, -0.05) is 61.0 Å². The topological polar surface area (TPSA) is 89.6 Å². The summed E-state index contributed by atoms with van der Waals surface area (Å²) in [5, 5.41) is 17.9. The summed E-state index contributed by atoms with van der Waals surface area (Å²) < 4.78 is 8.79. The molecule has 0 radical (unpaired) electrons. The molecule has 0 aliphatic carbocycles. The van der Waals surface area contributed by atoms with Gasteiger partial charge in [-0.2, -0.15) is 0 Å². The number of carbonyl (C=O) groups is 1. The third-order valence-corrected chi connectivity index (χ3v) is 9.72. The molecule has 0 saturated carbocycles. The number of aromatic nitrogens is 1. The van der Waals surface area contributed by atoms with Crippen LogP contribution in [-0.4, -0.2) is 38.4 Å². The number of hydrogen-bond acceptors (Lipinski definition) is 5. The Balaban J connectivity index is 1.51. The van der Waals surface area contributed by atoms with Gasteiger partial charge in [0, 0.05) is 58.0 Å². The van der Waals surface area contributed by atoms with E-state index in [-0.39, 0.29) is 10.8 Å². The van der Waals surface area contributed by atoms with E-state index in [2.05, 4.69) is 10.2 Å². The second kappa shape index (κ2) is 7.70. The summed E-state index contributed by atoms with van der Waals surface area (Å²) in [5.74, 6) is -0.326. The minimum Gasteiger partial charge on any atom is -0.478 e. The fraction of sp³-hybridized carbons (Fsp3) is 0.323. The van der Waals surface area contributed by atoms with Crippen LogP contribution in [0.1, 0.15) is 48.0 Å². The molecule has 8 heteroatoms. The molecule has 196 valence electrons. The predicted molar refractivity (Wildman–Crippen MR) is 146 cm³/mol. The van der Waals surface area contributed by atoms with Gasteiger partial charge in [0.25, 0.3) is 11.4 Å². The Morgan fingerprint density at radius 1 is 1.00 bits per heavy atom. The van der Waals surface area contributed by atoms with E-state index in [1.54, 1.807) is 0 Å². The number of hydrogen-bond donors (Lipinski definition) is 1. The van der Waals surface area contributed by atoms with Crippen molar-refractivity contribution in [2.24, 2.45) is 7.05 Å². The van der Waals surface area contributed by atoms with Crippen LogP contribution in [0.25, 0.3) is 10.9 Å². The fourth-order valence-corrected chi connectivity index (χ4v) is 8.43. The van der Waals surface area contributed by atoms with Crippen molar-refractivity contribution in [1.29, 1.82) is 0 Å². The molecule has 2 fully saturated rings. The van der Waals surface area contributed by atoms with Gasteiger partial charge in [0.15, 0.2) is 6.10 Å². The summed E-state index contributed by atoms with van der Waals surface area (Å²) in [6, 6.07) is 22.8. The van der Waals surface area contributed by atoms with E-state index in [1.807, 2.05) is 90.6 Å². The molecule has 3 aromatic carbocycles. The van der Waals surface area contributed by atoms with Crippen molar-refractivity contribution >= 4 is 22.5 Å². The van der Waals surface area contributed by atoms with Crippen LogP contribution in [0.2, 0.25) is 0 Å². The number of benzene rings is 3. The maximum atomic E-state index is 14.4. The van der Waals surface area contributed by atoms with Gasteiger partial charge in [-0.3, -0.25) is 19.8 Å². The number of carbonyl (C=O) groups excluding carboxylic acids is 1. The van der Waals surface area contributed by atoms with Gasteiger partial charge in [0.05, 0.1) is 12.0 Å². The number of amides is 1. The van der Waals surface area contributed by atoms with E-state index in [4.69, 9.17) is 4.74 Å². The Hall–Kier alpha value is -4.17. The van der Waals surface area contributed by atoms with Gasteiger partial charge >= 0.3 is 0 Å². The summed E-state index contributed by atoms with van der Waals surface area (Å²) in [6.45, 7) is 0.614. The molecule has 1 aromatic heterocycles. The highest BCUT2D eigenvalue weighted by atomic mass is 16.6. The second-order valence-corrected chi connectivity index (χ2v) is 11.3. The number of piperidine rings is 1. The minimum atomic E-state index is -1.59. The Kier molecular flexibility index (Phi) is 4.50. The minimum absolute atomic E-state index is 0.0913. The third kappa shape index (κ3) is 2.55. The zero-order valence-corrected chi connectivity index (χ0v) is 21.5. The molecule has 1 N–H and O–H groups in total. The molecule has 1 amide bonds. The molecule has 4 aliphatic rings. The average Bonchev–Trinajstić information content (AvgIpc) is 3.56. The first-order valence-corrected chi connectivity index (χ1v) is 13.6. The summed E-state index contributed by atoms with van der Waals surface area (Å²) in [5.41, 5.74) is 1.26. The first-order valence-electron chi connectivity index (χ1n) is 13.6. The average molecular weight is 521 g/mol. The maximum absolute atomic E-state index is 14.4. The van der Waals surface area contributed by atoms with E-state index in [0.29, 0.717) is 18.7 Å². The standard InChI is InChI=1S/C31H28N4O4/c1-33-18-21(19-10-2-6-14-24(19)33)28-31(35(37)38)26-16-8-9-17-34(26)30(22-12-4-5-13-23(22)32-29(30)36)27(31)20-11-3-7-15-25(20)39-28/h2-7,10-15,18,26-28H,8-9,16-17H2,1H3,(H,32,36)/t26?,27-,28-,30-,31-/m1/s1. The van der Waals surface area contributed by atoms with Crippen molar-refractivity contribution in [1.82, 2.24) is 9.47 Å². The Morgan fingerprint density at radius 3 is 2.64 bits per heavy atom. The van der Waals surface area contributed by atoms with Crippen molar-refractivity contribution in [2.75, 3.05) is 11.9 Å². The molecule has 2 saturated heterocycles. The van der Waals surface area contributed by atoms with E-state index in [9.17, 15) is 14.9 Å². The highest BCUT2D eigenvalue weighted by molar-refractivity contribution is 6.07. The first kappa shape index (κ1) is 22.8. The van der Waals surface area contributed by atoms with Crippen LogP contribution in [0, 0.1) is 10.1 Å². The number of rotatable bonds is 2. The van der Waals surface area contributed by atoms with Crippen LogP contribution >= 0.6 is 0 Å². The molecule has 1 spiro atoms. The molecule has 4 aromatic rings. The number of anilines is 1. The normalized spacial score (nSPS) is 30.8. The highest BCUT2D eigenvalue weighted by Crippen LogP contribution is 2.69. The number of aryl methyl sites for hydroxylation is 1. The van der Waals surface area contributed by atoms with E-state index in [0.717, 1.165) is 46.1 Å². The quantitative estimate of drug-likeness (QED) is 0.293. The van der Waals surface area contributed by atoms with Crippen LogP contribution in [0.3, 0.4) is 0 Å². The summed E-state index contributed by atoms with van der Waals surface area (Å²) in [4.78, 5) is 30.3. The van der Waals surface area contributed by atoms with E-state index >= 15 is 0 Å². The lowest BCUT2D eigenvalue weighted by atomic mass is 9.62. The molecule has 39 heavy (non-hydrogen) atoms. The number of para-hydroxylation sites is 3. The number of fused-ring (bicyclic) bond motifs is 10. The largest absolute Gasteiger partial charge is 0.478 e. The molecule has 5 atom stereocenters. The van der Waals surface area contributed by atoms with Crippen LogP contribution in [-0.2, 0) is 17.4 Å². The number of nitrogens with one attached hydrogen (secondary N) is 1. The molecule has 1 unspecified atom stereocenters. The van der Waals surface area contributed by atoms with Gasteiger partial charge in [-0.25, -0.2) is 0 Å². The van der Waals surface area contributed by atoms with Crippen molar-refractivity contribution in [3.05, 3.63) is 106 Å². The SMILES string of the molecule is Cn1cc([C@H]2Oc3ccccc3[C@H]3[C@]2([N+](=O)[O-])C2CCCCN2[C@@]32C(=O)Nc3ccccc32)c2ccccc21. The van der Waals surface area contributed by atoms with Crippen molar-refractivity contribution in [2.45, 2.75) is 48.4 Å². The molecule has 8 nitrogen and oxygen atoms in total. The van der Waals surface area contributed by atoms with E-state index in [1.165, 1.54) is 0 Å². The molecule has 0 bridgehead atoms. The predicted octanol–water partition coefficient (Wildman–Crippen LogP) is 5.13. The first-order chi connectivity index (χ1) is 19.0. The summed E-state index contributed by atoms with van der Waals surface area (Å²) >= 11 is 0. The molecular formula is C31H28N4O4. The van der Waals surface area contributed by atoms with Gasteiger partial charge in [0.2, 0.25) is 0 Å². The van der Waals surface area contributed by atoms with Crippen LogP contribution in [0.5, 0.6) is 5.75 Å². The van der Waals surface area contributed by atoms with Gasteiger partial charge in [0.1, 0.15) is 11.3 Å². The lowest BCUT2D eigenvalue weighted by molar-refractivity contribution is -0.592. The van der Waals surface area contributed by atoms with Gasteiger partial charge in [-0.05, 0) is 31.0 Å². The highest BCUT2D eigenvalue weighted by Gasteiger charge is 2.83. The van der Waals surface area contributed by atoms with Crippen LogP contribution in [0.15, 0.2) is 79.0 Å². The zero-order valence-electron chi connectivity index (χ0n) is 21.5. The number of nitrogens with zero attached hydrogens (tertiary/aromatic N) is 3. The third-order valence-electron chi connectivity index (χ3n) is 9.72. The van der Waals surface area contributed by atoms with E-state index < -0.39 is 29.1 Å². The second-order valence-electron chi connectivity index (χ2n) is 11.3. The van der Waals surface area contributed by atoms with Crippen molar-refractivity contribution in [3.63, 3.8) is 0 Å². The molecule has 8 rings (SSSR count). The molecule has 4 aliphatic heterocycles. The lowest BCUT2D eigenvalue weighted by Crippen LogP contribution is -2.60. The number of nitro groups is 1. The molecule has 5 heterocycles. The monoisotopic (exact) mass is 520 g/mol. The summed E-state index contributed by atoms with van der Waals surface area (Å²) in [7, 11) is 1.96. The summed E-state index contributed by atoms with van der Waals surface area (Å²) in [6.07, 6.45) is 3.47. The van der Waals surface area contributed by atoms with Crippen molar-refractivity contribution in [3.8, 4) is 5.75 Å². The Labute approximate surface area is 225 Å². The Morgan fingerprint density at radius 2 is 1.77 bits per heavy atom. The van der Waals surface area contributed by atoms with Gasteiger partial charge in [-0.15, -0.1) is 0 Å². The molecular weight excluding hydrogens is 492 g/mol. The van der Waals surface area contributed by atoms with Crippen LogP contribution in [0.4, 0.5) is 5.69 Å².